The van der Waals surface area contributed by atoms with Crippen molar-refractivity contribution in [3.8, 4) is 11.4 Å². The molecule has 0 saturated carbocycles. The number of halogens is 1. The van der Waals surface area contributed by atoms with Gasteiger partial charge in [0.15, 0.2) is 0 Å². The van der Waals surface area contributed by atoms with E-state index in [1.165, 1.54) is 12.1 Å². The second-order valence-electron chi connectivity index (χ2n) is 6.86. The van der Waals surface area contributed by atoms with E-state index in [9.17, 15) is 9.18 Å². The van der Waals surface area contributed by atoms with Crippen LogP contribution in [0, 0.1) is 5.82 Å². The van der Waals surface area contributed by atoms with E-state index in [1.54, 1.807) is 12.1 Å². The first-order valence-corrected chi connectivity index (χ1v) is 9.37. The predicted molar refractivity (Wildman–Crippen MR) is 103 cm³/mol. The first-order valence-electron chi connectivity index (χ1n) is 9.37. The standard InChI is InChI=1S/C21H21FN4O2/c22-16-8-6-7-15(13-16)20-24-21(28-25-20)18-11-4-5-12-26(18)14-19(27)23-17-9-2-1-3-10-17/h1-3,6-10,13,18H,4-5,11-12,14H2,(H,23,27)/t18-/m1/s1. The Kier molecular flexibility index (Phi) is 5.43. The molecule has 2 heterocycles. The number of likely N-dealkylation sites (tertiary alicyclic amines) is 1. The summed E-state index contributed by atoms with van der Waals surface area (Å²) in [4.78, 5) is 19.0. The van der Waals surface area contributed by atoms with Crippen LogP contribution in [0.1, 0.15) is 31.2 Å². The number of nitrogens with zero attached hydrogens (tertiary/aromatic N) is 3. The molecule has 28 heavy (non-hydrogen) atoms. The highest BCUT2D eigenvalue weighted by molar-refractivity contribution is 5.92. The van der Waals surface area contributed by atoms with Crippen LogP contribution in [-0.2, 0) is 4.79 Å². The Hall–Kier alpha value is -3.06. The molecule has 1 fully saturated rings. The summed E-state index contributed by atoms with van der Waals surface area (Å²) in [6.45, 7) is 1.03. The quantitative estimate of drug-likeness (QED) is 0.723. The van der Waals surface area contributed by atoms with Crippen molar-refractivity contribution in [3.63, 3.8) is 0 Å². The molecule has 0 spiro atoms. The number of hydrogen-bond acceptors (Lipinski definition) is 5. The Morgan fingerprint density at radius 2 is 2.04 bits per heavy atom. The molecule has 144 valence electrons. The number of carbonyl (C=O) groups is 1. The molecule has 6 nitrogen and oxygen atoms in total. The van der Waals surface area contributed by atoms with E-state index in [4.69, 9.17) is 4.52 Å². The Labute approximate surface area is 162 Å². The first-order chi connectivity index (χ1) is 13.7. The zero-order chi connectivity index (χ0) is 19.3. The van der Waals surface area contributed by atoms with Crippen LogP contribution in [0.2, 0.25) is 0 Å². The number of aromatic nitrogens is 2. The van der Waals surface area contributed by atoms with Gasteiger partial charge in [-0.1, -0.05) is 41.9 Å². The summed E-state index contributed by atoms with van der Waals surface area (Å²) in [5, 5.41) is 6.91. The second-order valence-corrected chi connectivity index (χ2v) is 6.86. The third kappa shape index (κ3) is 4.26. The van der Waals surface area contributed by atoms with Gasteiger partial charge in [0.1, 0.15) is 5.82 Å². The number of carbonyl (C=O) groups excluding carboxylic acids is 1. The minimum Gasteiger partial charge on any atom is -0.337 e. The van der Waals surface area contributed by atoms with E-state index >= 15 is 0 Å². The van der Waals surface area contributed by atoms with E-state index in [0.717, 1.165) is 31.5 Å². The molecule has 3 aromatic rings. The molecule has 1 N–H and O–H groups in total. The molecule has 0 aliphatic carbocycles. The van der Waals surface area contributed by atoms with Crippen molar-refractivity contribution in [1.82, 2.24) is 15.0 Å². The van der Waals surface area contributed by atoms with Crippen molar-refractivity contribution >= 4 is 11.6 Å². The van der Waals surface area contributed by atoms with Gasteiger partial charge >= 0.3 is 0 Å². The van der Waals surface area contributed by atoms with Crippen LogP contribution in [0.4, 0.5) is 10.1 Å². The third-order valence-electron chi connectivity index (χ3n) is 4.83. The Morgan fingerprint density at radius 1 is 1.18 bits per heavy atom. The fourth-order valence-electron chi connectivity index (χ4n) is 3.48. The van der Waals surface area contributed by atoms with Gasteiger partial charge in [0.05, 0.1) is 12.6 Å². The molecule has 1 amide bonds. The van der Waals surface area contributed by atoms with Crippen LogP contribution in [0.5, 0.6) is 0 Å². The normalized spacial score (nSPS) is 17.4. The molecule has 4 rings (SSSR count). The van der Waals surface area contributed by atoms with Gasteiger partial charge in [0.25, 0.3) is 0 Å². The second kappa shape index (κ2) is 8.31. The van der Waals surface area contributed by atoms with Gasteiger partial charge in [-0.15, -0.1) is 0 Å². The molecule has 0 radical (unpaired) electrons. The predicted octanol–water partition coefficient (Wildman–Crippen LogP) is 4.04. The van der Waals surface area contributed by atoms with Crippen LogP contribution in [0.25, 0.3) is 11.4 Å². The molecule has 1 aromatic heterocycles. The number of nitrogens with one attached hydrogen (secondary N) is 1. The average molecular weight is 380 g/mol. The maximum Gasteiger partial charge on any atom is 0.244 e. The molecule has 1 atom stereocenters. The van der Waals surface area contributed by atoms with E-state index in [1.807, 2.05) is 30.3 Å². The fraction of sp³-hybridized carbons (Fsp3) is 0.286. The van der Waals surface area contributed by atoms with Crippen LogP contribution < -0.4 is 5.32 Å². The number of rotatable bonds is 5. The van der Waals surface area contributed by atoms with Gasteiger partial charge in [-0.3, -0.25) is 9.69 Å². The third-order valence-corrected chi connectivity index (χ3v) is 4.83. The van der Waals surface area contributed by atoms with E-state index in [-0.39, 0.29) is 24.3 Å². The Morgan fingerprint density at radius 3 is 2.86 bits per heavy atom. The summed E-state index contributed by atoms with van der Waals surface area (Å²) in [5.41, 5.74) is 1.34. The highest BCUT2D eigenvalue weighted by Gasteiger charge is 2.30. The summed E-state index contributed by atoms with van der Waals surface area (Å²) in [6, 6.07) is 15.4. The minimum absolute atomic E-state index is 0.0806. The molecule has 7 heteroatoms. The fourth-order valence-corrected chi connectivity index (χ4v) is 3.48. The monoisotopic (exact) mass is 380 g/mol. The largest absolute Gasteiger partial charge is 0.337 e. The van der Waals surface area contributed by atoms with Crippen LogP contribution in [0.3, 0.4) is 0 Å². The maximum atomic E-state index is 13.5. The van der Waals surface area contributed by atoms with Crippen LogP contribution in [0.15, 0.2) is 59.1 Å². The van der Waals surface area contributed by atoms with Crippen molar-refractivity contribution in [2.75, 3.05) is 18.4 Å². The van der Waals surface area contributed by atoms with Gasteiger partial charge < -0.3 is 9.84 Å². The zero-order valence-electron chi connectivity index (χ0n) is 15.3. The molecule has 0 unspecified atom stereocenters. The number of para-hydroxylation sites is 1. The zero-order valence-corrected chi connectivity index (χ0v) is 15.3. The van der Waals surface area contributed by atoms with Crippen molar-refractivity contribution in [2.45, 2.75) is 25.3 Å². The summed E-state index contributed by atoms with van der Waals surface area (Å²) < 4.78 is 18.9. The number of amides is 1. The summed E-state index contributed by atoms with van der Waals surface area (Å²) >= 11 is 0. The maximum absolute atomic E-state index is 13.5. The van der Waals surface area contributed by atoms with Gasteiger partial charge in [0, 0.05) is 11.3 Å². The molecule has 2 aromatic carbocycles. The van der Waals surface area contributed by atoms with Crippen molar-refractivity contribution in [2.24, 2.45) is 0 Å². The minimum atomic E-state index is -0.347. The van der Waals surface area contributed by atoms with Gasteiger partial charge in [-0.05, 0) is 43.7 Å². The molecule has 1 aliphatic rings. The van der Waals surface area contributed by atoms with Gasteiger partial charge in [0.2, 0.25) is 17.6 Å². The van der Waals surface area contributed by atoms with Crippen molar-refractivity contribution < 1.29 is 13.7 Å². The van der Waals surface area contributed by atoms with Gasteiger partial charge in [-0.25, -0.2) is 4.39 Å². The topological polar surface area (TPSA) is 71.3 Å². The summed E-state index contributed by atoms with van der Waals surface area (Å²) in [6.07, 6.45) is 2.88. The van der Waals surface area contributed by atoms with Crippen molar-refractivity contribution in [1.29, 1.82) is 0 Å². The summed E-state index contributed by atoms with van der Waals surface area (Å²) in [5.74, 6) is 0.393. The highest BCUT2D eigenvalue weighted by Crippen LogP contribution is 2.31. The molecule has 1 saturated heterocycles. The summed E-state index contributed by atoms with van der Waals surface area (Å²) in [7, 11) is 0. The molecule has 1 aliphatic heterocycles. The van der Waals surface area contributed by atoms with Crippen LogP contribution in [-0.4, -0.2) is 34.0 Å². The van der Waals surface area contributed by atoms with Gasteiger partial charge in [-0.2, -0.15) is 4.98 Å². The number of piperidine rings is 1. The Balaban J connectivity index is 1.47. The Bertz CT molecular complexity index is 944. The first kappa shape index (κ1) is 18.3. The van der Waals surface area contributed by atoms with Crippen LogP contribution >= 0.6 is 0 Å². The van der Waals surface area contributed by atoms with E-state index in [2.05, 4.69) is 20.4 Å². The lowest BCUT2D eigenvalue weighted by molar-refractivity contribution is -0.118. The lowest BCUT2D eigenvalue weighted by Crippen LogP contribution is -2.39. The van der Waals surface area contributed by atoms with E-state index < -0.39 is 0 Å². The number of anilines is 1. The average Bonchev–Trinajstić information content (AvgIpc) is 3.19. The smallest absolute Gasteiger partial charge is 0.244 e. The highest BCUT2D eigenvalue weighted by atomic mass is 19.1. The molecule has 0 bridgehead atoms. The number of hydrogen-bond donors (Lipinski definition) is 1. The molecular weight excluding hydrogens is 359 g/mol. The SMILES string of the molecule is O=C(CN1CCCC[C@@H]1c1nc(-c2cccc(F)c2)no1)Nc1ccccc1. The molecular formula is C21H21FN4O2. The number of benzene rings is 2. The lowest BCUT2D eigenvalue weighted by Gasteiger charge is -2.32. The van der Waals surface area contributed by atoms with E-state index in [0.29, 0.717) is 17.3 Å². The van der Waals surface area contributed by atoms with Crippen molar-refractivity contribution in [3.05, 3.63) is 66.3 Å². The lowest BCUT2D eigenvalue weighted by atomic mass is 10.0.